The third-order valence-electron chi connectivity index (χ3n) is 4.15. The van der Waals surface area contributed by atoms with Crippen molar-refractivity contribution in [2.75, 3.05) is 0 Å². The monoisotopic (exact) mass is 367 g/mol. The van der Waals surface area contributed by atoms with Gasteiger partial charge in [0.15, 0.2) is 6.10 Å². The number of hydrogen-bond acceptors (Lipinski definition) is 6. The first-order chi connectivity index (χ1) is 11.8. The quantitative estimate of drug-likeness (QED) is 0.650. The van der Waals surface area contributed by atoms with Crippen LogP contribution in [0, 0.1) is 11.8 Å². The van der Waals surface area contributed by atoms with Gasteiger partial charge in [0.2, 0.25) is 5.91 Å². The van der Waals surface area contributed by atoms with Crippen molar-refractivity contribution in [3.63, 3.8) is 0 Å². The number of carbonyl (C=O) groups is 3. The van der Waals surface area contributed by atoms with Crippen LogP contribution in [0.3, 0.4) is 0 Å². The first-order valence-corrected chi connectivity index (χ1v) is 9.36. The Bertz CT molecular complexity index is 640. The summed E-state index contributed by atoms with van der Waals surface area (Å²) in [6, 6.07) is -0.156. The number of nitrogens with two attached hydrogens (primary N) is 1. The average Bonchev–Trinajstić information content (AvgIpc) is 3.16. The third-order valence-corrected chi connectivity index (χ3v) is 5.08. The molecule has 0 spiro atoms. The van der Waals surface area contributed by atoms with Crippen molar-refractivity contribution < 1.29 is 19.1 Å². The van der Waals surface area contributed by atoms with E-state index in [4.69, 9.17) is 10.5 Å². The van der Waals surface area contributed by atoms with E-state index in [1.165, 1.54) is 18.3 Å². The minimum Gasteiger partial charge on any atom is -0.455 e. The molecule has 0 bridgehead atoms. The van der Waals surface area contributed by atoms with Gasteiger partial charge in [0, 0.05) is 31.2 Å². The highest BCUT2D eigenvalue weighted by Crippen LogP contribution is 2.33. The van der Waals surface area contributed by atoms with E-state index < -0.39 is 18.0 Å². The minimum absolute atomic E-state index is 0.0275. The molecule has 8 heteroatoms. The van der Waals surface area contributed by atoms with Gasteiger partial charge in [-0.3, -0.25) is 14.4 Å². The fourth-order valence-electron chi connectivity index (χ4n) is 2.53. The summed E-state index contributed by atoms with van der Waals surface area (Å²) >= 11 is 1.22. The lowest BCUT2D eigenvalue weighted by atomic mass is 9.97. The van der Waals surface area contributed by atoms with E-state index in [2.05, 4.69) is 10.3 Å². The molecule has 0 aromatic carbocycles. The lowest BCUT2D eigenvalue weighted by Gasteiger charge is -2.26. The largest absolute Gasteiger partial charge is 0.455 e. The SMILES string of the molecule is CC(=O)OC(CC(NC(=O)CC1CC1)C(C)C)c1nc(C(N)=O)cs1. The summed E-state index contributed by atoms with van der Waals surface area (Å²) < 4.78 is 5.39. The molecule has 0 radical (unpaired) electrons. The van der Waals surface area contributed by atoms with Crippen LogP contribution in [0.4, 0.5) is 0 Å². The Morgan fingerprint density at radius 2 is 2.08 bits per heavy atom. The molecule has 2 amide bonds. The molecule has 2 unspecified atom stereocenters. The Labute approximate surface area is 151 Å². The van der Waals surface area contributed by atoms with Crippen molar-refractivity contribution in [2.45, 2.75) is 58.6 Å². The van der Waals surface area contributed by atoms with Crippen LogP contribution >= 0.6 is 11.3 Å². The van der Waals surface area contributed by atoms with Gasteiger partial charge < -0.3 is 15.8 Å². The molecular formula is C17H25N3O4S. The summed E-state index contributed by atoms with van der Waals surface area (Å²) in [6.07, 6.45) is 2.56. The first-order valence-electron chi connectivity index (χ1n) is 8.48. The lowest BCUT2D eigenvalue weighted by Crippen LogP contribution is -2.40. The van der Waals surface area contributed by atoms with Crippen LogP contribution in [0.5, 0.6) is 0 Å². The Hall–Kier alpha value is -1.96. The predicted octanol–water partition coefficient (Wildman–Crippen LogP) is 2.18. The molecule has 1 aromatic heterocycles. The molecule has 1 aliphatic carbocycles. The number of nitrogens with one attached hydrogen (secondary N) is 1. The van der Waals surface area contributed by atoms with Crippen molar-refractivity contribution in [3.8, 4) is 0 Å². The van der Waals surface area contributed by atoms with Crippen LogP contribution in [0.2, 0.25) is 0 Å². The van der Waals surface area contributed by atoms with Gasteiger partial charge in [-0.2, -0.15) is 0 Å². The molecule has 0 aliphatic heterocycles. The van der Waals surface area contributed by atoms with Crippen LogP contribution in [-0.2, 0) is 14.3 Å². The van der Waals surface area contributed by atoms with E-state index in [0.717, 1.165) is 12.8 Å². The van der Waals surface area contributed by atoms with E-state index in [1.807, 2.05) is 13.8 Å². The summed E-state index contributed by atoms with van der Waals surface area (Å²) in [5.74, 6) is -0.361. The fraction of sp³-hybridized carbons (Fsp3) is 0.647. The Morgan fingerprint density at radius 1 is 1.40 bits per heavy atom. The highest BCUT2D eigenvalue weighted by atomic mass is 32.1. The number of rotatable bonds is 9. The highest BCUT2D eigenvalue weighted by Gasteiger charge is 2.29. The molecule has 0 saturated heterocycles. The third kappa shape index (κ3) is 6.12. The molecule has 2 rings (SSSR count). The van der Waals surface area contributed by atoms with Crippen LogP contribution in [0.15, 0.2) is 5.38 Å². The molecule has 1 fully saturated rings. The predicted molar refractivity (Wildman–Crippen MR) is 93.9 cm³/mol. The normalized spacial score (nSPS) is 16.3. The highest BCUT2D eigenvalue weighted by molar-refractivity contribution is 7.09. The number of primary amides is 1. The van der Waals surface area contributed by atoms with Gasteiger partial charge in [-0.05, 0) is 24.7 Å². The molecule has 1 aliphatic rings. The summed E-state index contributed by atoms with van der Waals surface area (Å²) in [6.45, 7) is 5.33. The second-order valence-corrected chi connectivity index (χ2v) is 7.72. The van der Waals surface area contributed by atoms with Gasteiger partial charge in [-0.1, -0.05) is 13.8 Å². The molecule has 138 valence electrons. The molecule has 3 N–H and O–H groups in total. The maximum Gasteiger partial charge on any atom is 0.303 e. The summed E-state index contributed by atoms with van der Waals surface area (Å²) in [7, 11) is 0. The Kier molecular flexibility index (Phi) is 6.52. The topological polar surface area (TPSA) is 111 Å². The van der Waals surface area contributed by atoms with Crippen molar-refractivity contribution >= 4 is 29.1 Å². The van der Waals surface area contributed by atoms with Gasteiger partial charge in [0.25, 0.3) is 5.91 Å². The van der Waals surface area contributed by atoms with Crippen LogP contribution in [0.25, 0.3) is 0 Å². The minimum atomic E-state index is -0.623. The number of esters is 1. The number of ether oxygens (including phenoxy) is 1. The zero-order valence-electron chi connectivity index (χ0n) is 14.8. The van der Waals surface area contributed by atoms with Gasteiger partial charge in [-0.15, -0.1) is 11.3 Å². The van der Waals surface area contributed by atoms with E-state index >= 15 is 0 Å². The summed E-state index contributed by atoms with van der Waals surface area (Å²) in [4.78, 5) is 39.0. The van der Waals surface area contributed by atoms with E-state index in [-0.39, 0.29) is 23.6 Å². The molecule has 2 atom stereocenters. The van der Waals surface area contributed by atoms with Gasteiger partial charge in [0.05, 0.1) is 0 Å². The van der Waals surface area contributed by atoms with Crippen LogP contribution in [-0.4, -0.2) is 28.8 Å². The fourth-order valence-corrected chi connectivity index (χ4v) is 3.38. The second kappa shape index (κ2) is 8.42. The smallest absolute Gasteiger partial charge is 0.303 e. The molecule has 1 aromatic rings. The van der Waals surface area contributed by atoms with E-state index in [0.29, 0.717) is 23.8 Å². The maximum absolute atomic E-state index is 12.1. The summed E-state index contributed by atoms with van der Waals surface area (Å²) in [5, 5.41) is 5.10. The number of amides is 2. The standard InChI is InChI=1S/C17H25N3O4S/c1-9(2)12(19-15(22)6-11-4-5-11)7-14(24-10(3)21)17-20-13(8-25-17)16(18)23/h8-9,11-12,14H,4-7H2,1-3H3,(H2,18,23)(H,19,22). The molecular weight excluding hydrogens is 342 g/mol. The van der Waals surface area contributed by atoms with Gasteiger partial charge in [0.1, 0.15) is 10.7 Å². The number of nitrogens with zero attached hydrogens (tertiary/aromatic N) is 1. The second-order valence-electron chi connectivity index (χ2n) is 6.83. The first kappa shape index (κ1) is 19.4. The number of hydrogen-bond donors (Lipinski definition) is 2. The molecule has 7 nitrogen and oxygen atoms in total. The van der Waals surface area contributed by atoms with Gasteiger partial charge >= 0.3 is 5.97 Å². The number of thiazole rings is 1. The average molecular weight is 367 g/mol. The molecule has 1 saturated carbocycles. The Morgan fingerprint density at radius 3 is 2.56 bits per heavy atom. The van der Waals surface area contributed by atoms with Crippen molar-refractivity contribution in [2.24, 2.45) is 17.6 Å². The summed E-state index contributed by atoms with van der Waals surface area (Å²) in [5.41, 5.74) is 5.39. The zero-order valence-corrected chi connectivity index (χ0v) is 15.6. The zero-order chi connectivity index (χ0) is 18.6. The van der Waals surface area contributed by atoms with E-state index in [1.54, 1.807) is 5.38 Å². The Balaban J connectivity index is 2.09. The van der Waals surface area contributed by atoms with Crippen LogP contribution in [0.1, 0.15) is 68.1 Å². The maximum atomic E-state index is 12.1. The van der Waals surface area contributed by atoms with Crippen molar-refractivity contribution in [1.82, 2.24) is 10.3 Å². The van der Waals surface area contributed by atoms with Crippen molar-refractivity contribution in [1.29, 1.82) is 0 Å². The number of carbonyl (C=O) groups excluding carboxylic acids is 3. The molecule has 25 heavy (non-hydrogen) atoms. The van der Waals surface area contributed by atoms with Crippen LogP contribution < -0.4 is 11.1 Å². The lowest BCUT2D eigenvalue weighted by molar-refractivity contribution is -0.147. The number of aromatic nitrogens is 1. The van der Waals surface area contributed by atoms with Crippen molar-refractivity contribution in [3.05, 3.63) is 16.1 Å². The van der Waals surface area contributed by atoms with E-state index in [9.17, 15) is 14.4 Å². The van der Waals surface area contributed by atoms with Gasteiger partial charge in [-0.25, -0.2) is 4.98 Å². The molecule has 1 heterocycles.